The zero-order chi connectivity index (χ0) is 24.9. The van der Waals surface area contributed by atoms with E-state index < -0.39 is 24.2 Å². The smallest absolute Gasteiger partial charge is 0.407 e. The molecule has 0 unspecified atom stereocenters. The minimum atomic E-state index is -1.14. The number of nitrogens with one attached hydrogen (secondary N) is 2. The largest absolute Gasteiger partial charge is 0.480 e. The summed E-state index contributed by atoms with van der Waals surface area (Å²) in [7, 11) is 1.40. The van der Waals surface area contributed by atoms with Crippen LogP contribution >= 0.6 is 0 Å². The number of carbonyl (C=O) groups is 3. The van der Waals surface area contributed by atoms with Gasteiger partial charge in [-0.05, 0) is 48.4 Å². The number of aliphatic carboxylic acids is 1. The van der Waals surface area contributed by atoms with Crippen LogP contribution in [-0.2, 0) is 19.1 Å². The van der Waals surface area contributed by atoms with Gasteiger partial charge in [0, 0.05) is 25.0 Å². The van der Waals surface area contributed by atoms with E-state index in [4.69, 9.17) is 9.47 Å². The molecule has 8 heteroatoms. The Morgan fingerprint density at radius 2 is 1.66 bits per heavy atom. The molecule has 1 fully saturated rings. The van der Waals surface area contributed by atoms with E-state index in [1.54, 1.807) is 6.92 Å². The van der Waals surface area contributed by atoms with Crippen LogP contribution in [0.3, 0.4) is 0 Å². The first kappa shape index (κ1) is 24.7. The maximum Gasteiger partial charge on any atom is 0.407 e. The summed E-state index contributed by atoms with van der Waals surface area (Å²) >= 11 is 0. The van der Waals surface area contributed by atoms with Gasteiger partial charge in [-0.15, -0.1) is 0 Å². The van der Waals surface area contributed by atoms with E-state index in [1.165, 1.54) is 18.2 Å². The topological polar surface area (TPSA) is 114 Å². The summed E-state index contributed by atoms with van der Waals surface area (Å²) in [5.74, 6) is -1.88. The zero-order valence-electron chi connectivity index (χ0n) is 20.0. The molecule has 2 amide bonds. The average molecular weight is 481 g/mol. The fourth-order valence-corrected chi connectivity index (χ4v) is 5.15. The second kappa shape index (κ2) is 10.9. The molecule has 4 rings (SSSR count). The predicted octanol–water partition coefficient (Wildman–Crippen LogP) is 3.69. The molecule has 0 aromatic heterocycles. The Balaban J connectivity index is 1.32. The molecule has 0 bridgehead atoms. The molecule has 4 atom stereocenters. The van der Waals surface area contributed by atoms with Crippen molar-refractivity contribution >= 4 is 18.0 Å². The molecule has 2 aliphatic rings. The lowest BCUT2D eigenvalue weighted by Crippen LogP contribution is -2.51. The molecule has 2 aromatic carbocycles. The van der Waals surface area contributed by atoms with Crippen LogP contribution in [0.25, 0.3) is 11.1 Å². The molecule has 8 nitrogen and oxygen atoms in total. The number of benzene rings is 2. The highest BCUT2D eigenvalue weighted by molar-refractivity contribution is 5.85. The van der Waals surface area contributed by atoms with Crippen molar-refractivity contribution in [3.05, 3.63) is 59.7 Å². The molecule has 0 radical (unpaired) electrons. The molecule has 2 aliphatic carbocycles. The second-order valence-corrected chi connectivity index (χ2v) is 9.30. The highest BCUT2D eigenvalue weighted by Crippen LogP contribution is 2.44. The highest BCUT2D eigenvalue weighted by Gasteiger charge is 2.34. The van der Waals surface area contributed by atoms with E-state index in [9.17, 15) is 19.5 Å². The van der Waals surface area contributed by atoms with Gasteiger partial charge in [-0.2, -0.15) is 0 Å². The van der Waals surface area contributed by atoms with Gasteiger partial charge in [0.25, 0.3) is 0 Å². The third kappa shape index (κ3) is 5.48. The summed E-state index contributed by atoms with van der Waals surface area (Å²) in [6.07, 6.45) is 1.41. The van der Waals surface area contributed by atoms with Gasteiger partial charge in [0.15, 0.2) is 6.04 Å². The van der Waals surface area contributed by atoms with Crippen molar-refractivity contribution in [2.45, 2.75) is 56.7 Å². The van der Waals surface area contributed by atoms with Gasteiger partial charge in [0.1, 0.15) is 6.61 Å². The first-order chi connectivity index (χ1) is 16.9. The molecule has 35 heavy (non-hydrogen) atoms. The van der Waals surface area contributed by atoms with E-state index in [2.05, 4.69) is 34.9 Å². The number of alkyl carbamates (subject to hydrolysis) is 1. The number of hydrogen-bond donors (Lipinski definition) is 3. The minimum absolute atomic E-state index is 0.0197. The molecular formula is C27H32N2O6. The van der Waals surface area contributed by atoms with Crippen molar-refractivity contribution in [3.8, 4) is 11.1 Å². The van der Waals surface area contributed by atoms with Gasteiger partial charge >= 0.3 is 12.1 Å². The van der Waals surface area contributed by atoms with Crippen LogP contribution in [0.5, 0.6) is 0 Å². The molecule has 2 aromatic rings. The number of carboxylic acid groups (broad SMARTS) is 1. The van der Waals surface area contributed by atoms with Gasteiger partial charge < -0.3 is 25.2 Å². The third-order valence-electron chi connectivity index (χ3n) is 7.12. The molecule has 1 saturated carbocycles. The first-order valence-electron chi connectivity index (χ1n) is 12.1. The minimum Gasteiger partial charge on any atom is -0.480 e. The van der Waals surface area contributed by atoms with Crippen molar-refractivity contribution in [3.63, 3.8) is 0 Å². The molecule has 3 N–H and O–H groups in total. The number of rotatable bonds is 8. The van der Waals surface area contributed by atoms with Crippen LogP contribution in [0, 0.1) is 5.92 Å². The maximum atomic E-state index is 12.7. The van der Waals surface area contributed by atoms with Gasteiger partial charge in [0.05, 0.1) is 6.10 Å². The van der Waals surface area contributed by atoms with Crippen molar-refractivity contribution in [1.29, 1.82) is 0 Å². The fraction of sp³-hybridized carbons (Fsp3) is 0.444. The van der Waals surface area contributed by atoms with Crippen LogP contribution in [0.1, 0.15) is 49.7 Å². The van der Waals surface area contributed by atoms with Gasteiger partial charge in [-0.25, -0.2) is 9.59 Å². The Morgan fingerprint density at radius 3 is 2.26 bits per heavy atom. The molecule has 0 heterocycles. The number of hydrogen-bond acceptors (Lipinski definition) is 5. The van der Waals surface area contributed by atoms with E-state index in [1.807, 2.05) is 24.3 Å². The van der Waals surface area contributed by atoms with Crippen molar-refractivity contribution < 1.29 is 29.0 Å². The predicted molar refractivity (Wildman–Crippen MR) is 130 cm³/mol. The third-order valence-corrected chi connectivity index (χ3v) is 7.12. The standard InChI is InChI=1S/C27H32N2O6/c1-16(34-2)24(26(31)32)29-25(30)17-8-7-9-18(14-17)28-27(33)35-15-23-21-12-5-3-10-19(21)20-11-4-6-13-22(20)23/h3-6,10-13,16-18,23-24H,7-9,14-15H2,1-2H3,(H,28,33)(H,29,30)(H,31,32)/t16-,17-,18-,24+/m1/s1. The monoisotopic (exact) mass is 480 g/mol. The summed E-state index contributed by atoms with van der Waals surface area (Å²) in [5.41, 5.74) is 4.63. The lowest BCUT2D eigenvalue weighted by molar-refractivity contribution is -0.146. The Labute approximate surface area is 205 Å². The Bertz CT molecular complexity index is 1040. The lowest BCUT2D eigenvalue weighted by atomic mass is 9.85. The molecule has 186 valence electrons. The van der Waals surface area contributed by atoms with E-state index >= 15 is 0 Å². The summed E-state index contributed by atoms with van der Waals surface area (Å²) in [5, 5.41) is 14.9. The normalized spacial score (nSPS) is 20.7. The van der Waals surface area contributed by atoms with Crippen molar-refractivity contribution in [2.24, 2.45) is 5.92 Å². The molecule has 0 saturated heterocycles. The van der Waals surface area contributed by atoms with Crippen LogP contribution < -0.4 is 10.6 Å². The van der Waals surface area contributed by atoms with Gasteiger partial charge in [-0.1, -0.05) is 55.0 Å². The van der Waals surface area contributed by atoms with Crippen molar-refractivity contribution in [1.82, 2.24) is 10.6 Å². The second-order valence-electron chi connectivity index (χ2n) is 9.30. The summed E-state index contributed by atoms with van der Waals surface area (Å²) < 4.78 is 10.7. The van der Waals surface area contributed by atoms with Crippen LogP contribution in [0.4, 0.5) is 4.79 Å². The number of ether oxygens (including phenoxy) is 2. The van der Waals surface area contributed by atoms with E-state index in [0.717, 1.165) is 24.0 Å². The summed E-state index contributed by atoms with van der Waals surface area (Å²) in [6.45, 7) is 1.83. The number of methoxy groups -OCH3 is 1. The van der Waals surface area contributed by atoms with Gasteiger partial charge in [-0.3, -0.25) is 4.79 Å². The summed E-state index contributed by atoms with van der Waals surface area (Å²) in [6, 6.07) is 15.0. The summed E-state index contributed by atoms with van der Waals surface area (Å²) in [4.78, 5) is 36.9. The van der Waals surface area contributed by atoms with Crippen LogP contribution in [0.2, 0.25) is 0 Å². The fourth-order valence-electron chi connectivity index (χ4n) is 5.15. The molecular weight excluding hydrogens is 448 g/mol. The van der Waals surface area contributed by atoms with E-state index in [0.29, 0.717) is 12.8 Å². The number of amides is 2. The SMILES string of the molecule is CO[C@H](C)[C@H](NC(=O)[C@@H]1CCC[C@@H](NC(=O)OCC2c3ccccc3-c3ccccc32)C1)C(=O)O. The lowest BCUT2D eigenvalue weighted by Gasteiger charge is -2.30. The number of carbonyl (C=O) groups excluding carboxylic acids is 2. The Morgan fingerprint density at radius 1 is 1.03 bits per heavy atom. The molecule has 0 aliphatic heterocycles. The maximum absolute atomic E-state index is 12.7. The van der Waals surface area contributed by atoms with Gasteiger partial charge in [0.2, 0.25) is 5.91 Å². The number of carboxylic acids is 1. The highest BCUT2D eigenvalue weighted by atomic mass is 16.5. The van der Waals surface area contributed by atoms with Crippen LogP contribution in [0.15, 0.2) is 48.5 Å². The average Bonchev–Trinajstić information content (AvgIpc) is 3.19. The number of fused-ring (bicyclic) bond motifs is 3. The quantitative estimate of drug-likeness (QED) is 0.531. The van der Waals surface area contributed by atoms with Crippen LogP contribution in [-0.4, -0.2) is 55.0 Å². The Kier molecular flexibility index (Phi) is 7.70. The Hall–Kier alpha value is -3.39. The molecule has 0 spiro atoms. The first-order valence-corrected chi connectivity index (χ1v) is 12.1. The zero-order valence-corrected chi connectivity index (χ0v) is 20.0. The van der Waals surface area contributed by atoms with Crippen molar-refractivity contribution in [2.75, 3.05) is 13.7 Å². The van der Waals surface area contributed by atoms with E-state index in [-0.39, 0.29) is 30.4 Å².